The Morgan fingerprint density at radius 3 is 2.69 bits per heavy atom. The molecule has 29 heavy (non-hydrogen) atoms. The Balaban J connectivity index is 1.76. The lowest BCUT2D eigenvalue weighted by molar-refractivity contribution is 0.139. The van der Waals surface area contributed by atoms with Gasteiger partial charge in [-0.15, -0.1) is 0 Å². The van der Waals surface area contributed by atoms with Gasteiger partial charge in [0.05, 0.1) is 12.6 Å². The van der Waals surface area contributed by atoms with Gasteiger partial charge in [-0.1, -0.05) is 34.5 Å². The number of nitrogens with zero attached hydrogens (tertiary/aromatic N) is 2. The molecule has 1 unspecified atom stereocenters. The van der Waals surface area contributed by atoms with E-state index in [1.165, 1.54) is 23.0 Å². The molecule has 0 bridgehead atoms. The van der Waals surface area contributed by atoms with E-state index in [2.05, 4.69) is 45.1 Å². The molecule has 1 aliphatic heterocycles. The average molecular weight is 457 g/mol. The molecule has 1 fully saturated rings. The summed E-state index contributed by atoms with van der Waals surface area (Å²) in [5.41, 5.74) is 4.01. The molecule has 1 atom stereocenters. The van der Waals surface area contributed by atoms with Crippen molar-refractivity contribution in [2.45, 2.75) is 38.8 Å². The molecule has 0 aliphatic carbocycles. The molecule has 3 aromatic rings. The van der Waals surface area contributed by atoms with Crippen LogP contribution in [0.25, 0.3) is 10.9 Å². The molecule has 0 saturated carbocycles. The standard InChI is InChI=1S/C23H25BrN2O3/c1-15-13-21(29-2)19(18-10-12-26(22(15)18)23(27)28)14-25-11-4-3-5-20(25)16-6-8-17(24)9-7-16/h6-10,12-13,20H,3-5,11,14H2,1-2H3,(H,27,28). The number of halogens is 1. The van der Waals surface area contributed by atoms with Gasteiger partial charge in [-0.25, -0.2) is 4.79 Å². The number of methoxy groups -OCH3 is 1. The smallest absolute Gasteiger partial charge is 0.416 e. The fraction of sp³-hybridized carbons (Fsp3) is 0.348. The first-order chi connectivity index (χ1) is 14.0. The number of hydrogen-bond donors (Lipinski definition) is 1. The highest BCUT2D eigenvalue weighted by molar-refractivity contribution is 9.10. The van der Waals surface area contributed by atoms with Crippen LogP contribution in [0.4, 0.5) is 4.79 Å². The molecule has 1 saturated heterocycles. The average Bonchev–Trinajstić information content (AvgIpc) is 3.17. The van der Waals surface area contributed by atoms with Crippen LogP contribution >= 0.6 is 15.9 Å². The summed E-state index contributed by atoms with van der Waals surface area (Å²) in [4.78, 5) is 14.2. The zero-order chi connectivity index (χ0) is 20.5. The summed E-state index contributed by atoms with van der Waals surface area (Å²) in [5.74, 6) is 0.818. The van der Waals surface area contributed by atoms with Crippen LogP contribution in [0.1, 0.15) is 42.0 Å². The number of ether oxygens (including phenoxy) is 1. The Labute approximate surface area is 179 Å². The van der Waals surface area contributed by atoms with E-state index in [0.717, 1.165) is 51.8 Å². The van der Waals surface area contributed by atoms with Crippen LogP contribution in [0.3, 0.4) is 0 Å². The Morgan fingerprint density at radius 1 is 1.24 bits per heavy atom. The molecule has 152 valence electrons. The molecule has 0 spiro atoms. The summed E-state index contributed by atoms with van der Waals surface area (Å²) in [5, 5.41) is 10.5. The third kappa shape index (κ3) is 3.79. The lowest BCUT2D eigenvalue weighted by Crippen LogP contribution is -2.33. The minimum atomic E-state index is -0.968. The normalized spacial score (nSPS) is 17.6. The van der Waals surface area contributed by atoms with Crippen molar-refractivity contribution >= 4 is 32.9 Å². The van der Waals surface area contributed by atoms with Crippen molar-refractivity contribution < 1.29 is 14.6 Å². The highest BCUT2D eigenvalue weighted by Crippen LogP contribution is 2.37. The third-order valence-corrected chi connectivity index (χ3v) is 6.41. The summed E-state index contributed by atoms with van der Waals surface area (Å²) in [7, 11) is 1.68. The van der Waals surface area contributed by atoms with Gasteiger partial charge in [0.2, 0.25) is 0 Å². The van der Waals surface area contributed by atoms with Gasteiger partial charge >= 0.3 is 6.09 Å². The van der Waals surface area contributed by atoms with E-state index < -0.39 is 6.09 Å². The predicted octanol–water partition coefficient (Wildman–Crippen LogP) is 5.97. The molecule has 2 aromatic carbocycles. The van der Waals surface area contributed by atoms with Crippen molar-refractivity contribution in [2.24, 2.45) is 0 Å². The largest absolute Gasteiger partial charge is 0.496 e. The van der Waals surface area contributed by atoms with E-state index in [0.29, 0.717) is 6.04 Å². The summed E-state index contributed by atoms with van der Waals surface area (Å²) in [6.45, 7) is 3.67. The first kappa shape index (κ1) is 20.0. The van der Waals surface area contributed by atoms with E-state index in [4.69, 9.17) is 4.74 Å². The number of carbonyl (C=O) groups is 1. The zero-order valence-electron chi connectivity index (χ0n) is 16.7. The Hall–Kier alpha value is -2.31. The number of carboxylic acid groups (broad SMARTS) is 1. The van der Waals surface area contributed by atoms with E-state index in [1.807, 2.05) is 19.1 Å². The second-order valence-electron chi connectivity index (χ2n) is 7.64. The van der Waals surface area contributed by atoms with E-state index in [9.17, 15) is 9.90 Å². The highest BCUT2D eigenvalue weighted by Gasteiger charge is 2.26. The van der Waals surface area contributed by atoms with E-state index >= 15 is 0 Å². The minimum Gasteiger partial charge on any atom is -0.496 e. The zero-order valence-corrected chi connectivity index (χ0v) is 18.3. The van der Waals surface area contributed by atoms with Gasteiger partial charge in [0.25, 0.3) is 0 Å². The molecule has 1 N–H and O–H groups in total. The number of benzene rings is 2. The van der Waals surface area contributed by atoms with Crippen molar-refractivity contribution in [3.8, 4) is 5.75 Å². The fourth-order valence-electron chi connectivity index (χ4n) is 4.51. The van der Waals surface area contributed by atoms with Crippen LogP contribution in [0.15, 0.2) is 47.1 Å². The number of hydrogen-bond acceptors (Lipinski definition) is 3. The van der Waals surface area contributed by atoms with Gasteiger partial charge in [-0.3, -0.25) is 9.47 Å². The molecule has 0 amide bonds. The van der Waals surface area contributed by atoms with E-state index in [-0.39, 0.29) is 0 Å². The monoisotopic (exact) mass is 456 g/mol. The van der Waals surface area contributed by atoms with Crippen LogP contribution in [0, 0.1) is 6.92 Å². The van der Waals surface area contributed by atoms with Crippen LogP contribution in [-0.2, 0) is 6.54 Å². The van der Waals surface area contributed by atoms with Crippen LogP contribution in [-0.4, -0.2) is 34.3 Å². The highest BCUT2D eigenvalue weighted by atomic mass is 79.9. The maximum atomic E-state index is 11.7. The molecule has 4 rings (SSSR count). The van der Waals surface area contributed by atoms with Crippen LogP contribution < -0.4 is 4.74 Å². The second-order valence-corrected chi connectivity index (χ2v) is 8.55. The summed E-state index contributed by atoms with van der Waals surface area (Å²) in [6.07, 6.45) is 4.17. The maximum absolute atomic E-state index is 11.7. The summed E-state index contributed by atoms with van der Waals surface area (Å²) >= 11 is 3.52. The second kappa shape index (κ2) is 8.20. The lowest BCUT2D eigenvalue weighted by Gasteiger charge is -2.36. The van der Waals surface area contributed by atoms with Crippen molar-refractivity contribution in [1.82, 2.24) is 9.47 Å². The predicted molar refractivity (Wildman–Crippen MR) is 118 cm³/mol. The van der Waals surface area contributed by atoms with Crippen molar-refractivity contribution in [1.29, 1.82) is 0 Å². The SMILES string of the molecule is COc1cc(C)c2c(ccn2C(=O)O)c1CN1CCCCC1c1ccc(Br)cc1. The van der Waals surface area contributed by atoms with Crippen molar-refractivity contribution in [2.75, 3.05) is 13.7 Å². The summed E-state index contributed by atoms with van der Waals surface area (Å²) < 4.78 is 8.10. The van der Waals surface area contributed by atoms with Gasteiger partial charge in [0.1, 0.15) is 5.75 Å². The molecule has 6 heteroatoms. The maximum Gasteiger partial charge on any atom is 0.416 e. The number of likely N-dealkylation sites (tertiary alicyclic amines) is 1. The number of aromatic nitrogens is 1. The van der Waals surface area contributed by atoms with Crippen LogP contribution in [0.2, 0.25) is 0 Å². The Kier molecular flexibility index (Phi) is 5.65. The van der Waals surface area contributed by atoms with Gasteiger partial charge in [-0.05, 0) is 61.7 Å². The lowest BCUT2D eigenvalue weighted by atomic mass is 9.94. The Bertz CT molecular complexity index is 1040. The molecular formula is C23H25BrN2O3. The van der Waals surface area contributed by atoms with Crippen LogP contribution in [0.5, 0.6) is 5.75 Å². The topological polar surface area (TPSA) is 54.7 Å². The quantitative estimate of drug-likeness (QED) is 0.524. The van der Waals surface area contributed by atoms with Gasteiger partial charge in [-0.2, -0.15) is 0 Å². The third-order valence-electron chi connectivity index (χ3n) is 5.89. The van der Waals surface area contributed by atoms with Gasteiger partial charge in [0.15, 0.2) is 0 Å². The fourth-order valence-corrected chi connectivity index (χ4v) is 4.78. The molecule has 0 radical (unpaired) electrons. The number of fused-ring (bicyclic) bond motifs is 1. The number of aryl methyl sites for hydroxylation is 1. The molecule has 1 aromatic heterocycles. The molecule has 5 nitrogen and oxygen atoms in total. The summed E-state index contributed by atoms with van der Waals surface area (Å²) in [6, 6.07) is 12.8. The number of piperidine rings is 1. The van der Waals surface area contributed by atoms with Crippen molar-refractivity contribution in [3.05, 3.63) is 63.8 Å². The molecule has 2 heterocycles. The number of rotatable bonds is 4. The molecular weight excluding hydrogens is 432 g/mol. The first-order valence-electron chi connectivity index (χ1n) is 9.90. The molecule has 1 aliphatic rings. The van der Waals surface area contributed by atoms with Crippen molar-refractivity contribution in [3.63, 3.8) is 0 Å². The van der Waals surface area contributed by atoms with E-state index in [1.54, 1.807) is 13.3 Å². The van der Waals surface area contributed by atoms with Gasteiger partial charge in [0, 0.05) is 34.2 Å². The first-order valence-corrected chi connectivity index (χ1v) is 10.7. The minimum absolute atomic E-state index is 0.347. The van der Waals surface area contributed by atoms with Gasteiger partial charge < -0.3 is 9.84 Å². The Morgan fingerprint density at radius 2 is 2.00 bits per heavy atom.